The van der Waals surface area contributed by atoms with Crippen LogP contribution in [0.1, 0.15) is 48.0 Å². The Balaban J connectivity index is 5.82. The van der Waals surface area contributed by atoms with Gasteiger partial charge in [-0.2, -0.15) is 16.7 Å². The van der Waals surface area contributed by atoms with Gasteiger partial charge in [0.1, 0.15) is 22.9 Å². The molecule has 0 radical (unpaired) electrons. The van der Waals surface area contributed by atoms with Crippen molar-refractivity contribution in [2.45, 2.75) is 65.2 Å². The van der Waals surface area contributed by atoms with Gasteiger partial charge in [-0.1, -0.05) is 6.58 Å². The van der Waals surface area contributed by atoms with Crippen molar-refractivity contribution in [3.05, 3.63) is 12.3 Å². The molecule has 1 atom stereocenters. The van der Waals surface area contributed by atoms with Gasteiger partial charge in [0.05, 0.1) is 0 Å². The lowest BCUT2D eigenvalue weighted by atomic mass is 10.2. The predicted molar refractivity (Wildman–Crippen MR) is 111 cm³/mol. The van der Waals surface area contributed by atoms with Gasteiger partial charge < -0.3 is 19.5 Å². The summed E-state index contributed by atoms with van der Waals surface area (Å²) in [5, 5.41) is 9.43. The number of nitrogens with zero attached hydrogens (tertiary/aromatic N) is 2. The lowest BCUT2D eigenvalue weighted by molar-refractivity contribution is -0.148. The lowest BCUT2D eigenvalue weighted by Gasteiger charge is -2.31. The minimum absolute atomic E-state index is 0.185. The Bertz CT molecular complexity index is 622. The van der Waals surface area contributed by atoms with Gasteiger partial charge in [-0.3, -0.25) is 4.79 Å². The second-order valence-electron chi connectivity index (χ2n) is 8.29. The number of imide groups is 1. The van der Waals surface area contributed by atoms with Gasteiger partial charge >= 0.3 is 18.2 Å². The van der Waals surface area contributed by atoms with Crippen molar-refractivity contribution in [1.82, 2.24) is 9.80 Å². The Labute approximate surface area is 176 Å². The molecule has 0 aliphatic carbocycles. The van der Waals surface area contributed by atoms with E-state index in [1.165, 1.54) is 18.8 Å². The van der Waals surface area contributed by atoms with Crippen molar-refractivity contribution in [2.24, 2.45) is 0 Å². The van der Waals surface area contributed by atoms with Gasteiger partial charge in [0.25, 0.3) is 5.91 Å². The second kappa shape index (κ2) is 10.5. The molecular formula is C19H32N2O7S. The lowest BCUT2D eigenvalue weighted by Crippen LogP contribution is -2.49. The fraction of sp³-hybridized carbons (Fsp3) is 0.684. The number of hydrogen-bond donors (Lipinski definition) is 1. The molecule has 0 saturated carbocycles. The number of amides is 3. The molecule has 0 fully saturated rings. The van der Waals surface area contributed by atoms with Crippen LogP contribution in [-0.4, -0.2) is 75.3 Å². The Hall–Kier alpha value is -2.23. The van der Waals surface area contributed by atoms with Crippen LogP contribution >= 0.6 is 11.8 Å². The maximum absolute atomic E-state index is 12.8. The summed E-state index contributed by atoms with van der Waals surface area (Å²) in [5.41, 5.74) is -2.46. The third kappa shape index (κ3) is 9.21. The fourth-order valence-electron chi connectivity index (χ4n) is 2.06. The van der Waals surface area contributed by atoms with Crippen molar-refractivity contribution >= 4 is 35.8 Å². The summed E-state index contributed by atoms with van der Waals surface area (Å²) in [6.07, 6.45) is -0.291. The highest BCUT2D eigenvalue weighted by Crippen LogP contribution is 2.20. The smallest absolute Gasteiger partial charge is 0.424 e. The third-order valence-corrected chi connectivity index (χ3v) is 3.98. The quantitative estimate of drug-likeness (QED) is 0.609. The van der Waals surface area contributed by atoms with E-state index in [4.69, 9.17) is 9.47 Å². The van der Waals surface area contributed by atoms with E-state index in [0.717, 1.165) is 4.90 Å². The number of likely N-dealkylation sites (N-methyl/N-ethyl adjacent to an activating group) is 1. The van der Waals surface area contributed by atoms with Crippen LogP contribution in [0.15, 0.2) is 12.3 Å². The Kier molecular flexibility index (Phi) is 9.71. The first-order chi connectivity index (χ1) is 13.0. The van der Waals surface area contributed by atoms with Crippen LogP contribution < -0.4 is 0 Å². The van der Waals surface area contributed by atoms with E-state index in [0.29, 0.717) is 10.7 Å². The zero-order valence-electron chi connectivity index (χ0n) is 18.4. The van der Waals surface area contributed by atoms with Crippen LogP contribution in [0, 0.1) is 0 Å². The van der Waals surface area contributed by atoms with Crippen LogP contribution in [0.25, 0.3) is 0 Å². The largest absolute Gasteiger partial charge is 0.480 e. The molecule has 0 aliphatic rings. The maximum atomic E-state index is 12.8. The van der Waals surface area contributed by atoms with Gasteiger partial charge in [0.2, 0.25) is 0 Å². The summed E-state index contributed by atoms with van der Waals surface area (Å²) in [6, 6.07) is -1.15. The van der Waals surface area contributed by atoms with Gasteiger partial charge in [0, 0.05) is 7.05 Å². The molecule has 0 aromatic rings. The normalized spacial score (nSPS) is 12.6. The summed E-state index contributed by atoms with van der Waals surface area (Å²) >= 11 is 1.43. The number of carbonyl (C=O) groups is 4. The molecule has 3 amide bonds. The van der Waals surface area contributed by atoms with E-state index in [2.05, 4.69) is 6.58 Å². The topological polar surface area (TPSA) is 113 Å². The zero-order valence-corrected chi connectivity index (χ0v) is 19.2. The summed E-state index contributed by atoms with van der Waals surface area (Å²) < 4.78 is 10.4. The minimum Gasteiger partial charge on any atom is -0.480 e. The SMILES string of the molecule is C=C(C(=O)N(C)[C@@H](CCSC)C(=O)O)N(C(=O)OC(C)(C)C)C(=O)OC(C)(C)C. The first-order valence-electron chi connectivity index (χ1n) is 8.95. The highest BCUT2D eigenvalue weighted by atomic mass is 32.2. The molecular weight excluding hydrogens is 400 g/mol. The molecule has 0 spiro atoms. The number of carboxylic acid groups (broad SMARTS) is 1. The van der Waals surface area contributed by atoms with Gasteiger partial charge in [0.15, 0.2) is 0 Å². The number of aliphatic carboxylic acids is 1. The standard InChI is InChI=1S/C19H32N2O7S/c1-12(14(22)20(8)13(15(23)24)10-11-29-9)21(16(25)27-18(2,3)4)17(26)28-19(5,6)7/h13H,1,10-11H2,2-9H3,(H,23,24)/t13-/m0/s1. The van der Waals surface area contributed by atoms with Crippen molar-refractivity contribution in [3.63, 3.8) is 0 Å². The summed E-state index contributed by atoms with van der Waals surface area (Å²) in [4.78, 5) is 50.9. The Morgan fingerprint density at radius 2 is 1.41 bits per heavy atom. The van der Waals surface area contributed by atoms with Crippen LogP contribution in [-0.2, 0) is 19.1 Å². The molecule has 166 valence electrons. The van der Waals surface area contributed by atoms with Crippen LogP contribution in [0.4, 0.5) is 9.59 Å². The predicted octanol–water partition coefficient (Wildman–Crippen LogP) is 3.34. The van der Waals surface area contributed by atoms with Crippen LogP contribution in [0.2, 0.25) is 0 Å². The van der Waals surface area contributed by atoms with Crippen molar-refractivity contribution in [3.8, 4) is 0 Å². The highest BCUT2D eigenvalue weighted by molar-refractivity contribution is 7.98. The van der Waals surface area contributed by atoms with E-state index in [-0.39, 0.29) is 6.42 Å². The molecule has 0 heterocycles. The molecule has 0 unspecified atom stereocenters. The molecule has 10 heteroatoms. The fourth-order valence-corrected chi connectivity index (χ4v) is 2.52. The molecule has 29 heavy (non-hydrogen) atoms. The van der Waals surface area contributed by atoms with Crippen molar-refractivity contribution in [2.75, 3.05) is 19.1 Å². The number of thioether (sulfide) groups is 1. The molecule has 1 N–H and O–H groups in total. The monoisotopic (exact) mass is 432 g/mol. The number of carbonyl (C=O) groups excluding carboxylic acids is 3. The summed E-state index contributed by atoms with van der Waals surface area (Å²) in [5.74, 6) is -1.61. The first kappa shape index (κ1) is 26.8. The molecule has 0 aromatic heterocycles. The number of ether oxygens (including phenoxy) is 2. The zero-order chi connectivity index (χ0) is 23.2. The van der Waals surface area contributed by atoms with E-state index >= 15 is 0 Å². The highest BCUT2D eigenvalue weighted by Gasteiger charge is 2.38. The number of hydrogen-bond acceptors (Lipinski definition) is 7. The molecule has 0 aromatic carbocycles. The molecule has 0 saturated heterocycles. The Morgan fingerprint density at radius 3 is 1.72 bits per heavy atom. The molecule has 0 aliphatic heterocycles. The van der Waals surface area contributed by atoms with Gasteiger partial charge in [-0.15, -0.1) is 0 Å². The average molecular weight is 433 g/mol. The van der Waals surface area contributed by atoms with E-state index in [1.54, 1.807) is 41.5 Å². The number of carboxylic acids is 1. The molecule has 9 nitrogen and oxygen atoms in total. The van der Waals surface area contributed by atoms with E-state index < -0.39 is 47.0 Å². The second-order valence-corrected chi connectivity index (χ2v) is 9.28. The Morgan fingerprint density at radius 1 is 1.00 bits per heavy atom. The van der Waals surface area contributed by atoms with E-state index in [1.807, 2.05) is 6.26 Å². The number of rotatable bonds is 7. The first-order valence-corrected chi connectivity index (χ1v) is 10.3. The summed E-state index contributed by atoms with van der Waals surface area (Å²) in [7, 11) is 1.27. The van der Waals surface area contributed by atoms with Crippen molar-refractivity contribution in [1.29, 1.82) is 0 Å². The van der Waals surface area contributed by atoms with Gasteiger partial charge in [-0.05, 0) is 60.0 Å². The third-order valence-electron chi connectivity index (χ3n) is 3.34. The van der Waals surface area contributed by atoms with Gasteiger partial charge in [-0.25, -0.2) is 14.4 Å². The molecule has 0 rings (SSSR count). The van der Waals surface area contributed by atoms with Crippen molar-refractivity contribution < 1.29 is 33.8 Å². The maximum Gasteiger partial charge on any atom is 0.424 e. The van der Waals surface area contributed by atoms with E-state index in [9.17, 15) is 24.3 Å². The summed E-state index contributed by atoms with van der Waals surface area (Å²) in [6.45, 7) is 13.1. The minimum atomic E-state index is -1.20. The average Bonchev–Trinajstić information content (AvgIpc) is 2.50. The van der Waals surface area contributed by atoms with Crippen LogP contribution in [0.3, 0.4) is 0 Å². The molecule has 0 bridgehead atoms. The van der Waals surface area contributed by atoms with Crippen LogP contribution in [0.5, 0.6) is 0 Å².